The lowest BCUT2D eigenvalue weighted by molar-refractivity contribution is -0.123. The lowest BCUT2D eigenvalue weighted by atomic mass is 10.1. The van der Waals surface area contributed by atoms with Gasteiger partial charge in [0.15, 0.2) is 0 Å². The van der Waals surface area contributed by atoms with Crippen molar-refractivity contribution in [3.05, 3.63) is 0 Å². The van der Waals surface area contributed by atoms with Crippen LogP contribution in [0.25, 0.3) is 0 Å². The van der Waals surface area contributed by atoms with Crippen LogP contribution in [-0.2, 0) is 4.79 Å². The number of carbonyl (C=O) groups excluding carboxylic acids is 1. The average Bonchev–Trinajstić information content (AvgIpc) is 2.26. The van der Waals surface area contributed by atoms with Crippen molar-refractivity contribution < 1.29 is 9.90 Å². The molecule has 0 radical (unpaired) electrons. The molecule has 0 rings (SSSR count). The fourth-order valence-corrected chi connectivity index (χ4v) is 1.67. The van der Waals surface area contributed by atoms with E-state index in [4.69, 9.17) is 5.11 Å². The average molecular weight is 244 g/mol. The van der Waals surface area contributed by atoms with E-state index in [9.17, 15) is 4.79 Å². The molecule has 3 atom stereocenters. The number of aliphatic hydroxyl groups is 1. The topological polar surface area (TPSA) is 61.4 Å². The van der Waals surface area contributed by atoms with E-state index in [1.807, 2.05) is 13.8 Å². The van der Waals surface area contributed by atoms with Gasteiger partial charge in [-0.2, -0.15) is 0 Å². The minimum Gasteiger partial charge on any atom is -0.396 e. The van der Waals surface area contributed by atoms with Crippen molar-refractivity contribution in [2.45, 2.75) is 59.0 Å². The number of hydrogen-bond acceptors (Lipinski definition) is 3. The Hall–Kier alpha value is -0.610. The molecule has 17 heavy (non-hydrogen) atoms. The summed E-state index contributed by atoms with van der Waals surface area (Å²) in [6, 6.07) is 0.0714. The zero-order valence-corrected chi connectivity index (χ0v) is 11.6. The van der Waals surface area contributed by atoms with E-state index in [2.05, 4.69) is 24.5 Å². The molecule has 0 aliphatic heterocycles. The predicted octanol–water partition coefficient (Wildman–Crippen LogP) is 1.29. The van der Waals surface area contributed by atoms with Gasteiger partial charge in [-0.05, 0) is 39.2 Å². The SMILES string of the molecule is CCCC(C)NC(=O)C(C)NCC(C)CCO. The highest BCUT2D eigenvalue weighted by atomic mass is 16.3. The predicted molar refractivity (Wildman–Crippen MR) is 70.8 cm³/mol. The molecule has 102 valence electrons. The molecule has 0 aliphatic carbocycles. The zero-order valence-electron chi connectivity index (χ0n) is 11.6. The maximum Gasteiger partial charge on any atom is 0.237 e. The monoisotopic (exact) mass is 244 g/mol. The van der Waals surface area contributed by atoms with E-state index < -0.39 is 0 Å². The minimum atomic E-state index is -0.171. The molecule has 0 bridgehead atoms. The first-order chi connectivity index (χ1) is 8.01. The van der Waals surface area contributed by atoms with Gasteiger partial charge in [-0.1, -0.05) is 20.3 Å². The Morgan fingerprint density at radius 2 is 1.88 bits per heavy atom. The summed E-state index contributed by atoms with van der Waals surface area (Å²) in [7, 11) is 0. The highest BCUT2D eigenvalue weighted by molar-refractivity contribution is 5.81. The standard InChI is InChI=1S/C13H28N2O2/c1-5-6-11(3)15-13(17)12(4)14-9-10(2)7-8-16/h10-12,14,16H,5-9H2,1-4H3,(H,15,17). The van der Waals surface area contributed by atoms with Crippen LogP contribution in [0.4, 0.5) is 0 Å². The molecule has 0 aliphatic rings. The van der Waals surface area contributed by atoms with Gasteiger partial charge in [0.05, 0.1) is 6.04 Å². The fraction of sp³-hybridized carbons (Fsp3) is 0.923. The molecule has 0 aromatic rings. The van der Waals surface area contributed by atoms with E-state index in [-0.39, 0.29) is 24.6 Å². The molecule has 3 unspecified atom stereocenters. The second-order valence-corrected chi connectivity index (χ2v) is 4.95. The van der Waals surface area contributed by atoms with Crippen LogP contribution in [0.15, 0.2) is 0 Å². The summed E-state index contributed by atoms with van der Waals surface area (Å²) < 4.78 is 0. The van der Waals surface area contributed by atoms with E-state index in [0.717, 1.165) is 25.8 Å². The van der Waals surface area contributed by atoms with Crippen molar-refractivity contribution in [1.82, 2.24) is 10.6 Å². The van der Waals surface area contributed by atoms with Crippen LogP contribution in [0.1, 0.15) is 47.0 Å². The molecule has 3 N–H and O–H groups in total. The van der Waals surface area contributed by atoms with Gasteiger partial charge in [0.1, 0.15) is 0 Å². The van der Waals surface area contributed by atoms with Gasteiger partial charge in [-0.15, -0.1) is 0 Å². The quantitative estimate of drug-likeness (QED) is 0.573. The Kier molecular flexibility index (Phi) is 9.09. The summed E-state index contributed by atoms with van der Waals surface area (Å²) in [6.45, 7) is 9.05. The number of rotatable bonds is 9. The lowest BCUT2D eigenvalue weighted by Gasteiger charge is -2.19. The normalized spacial score (nSPS) is 16.3. The van der Waals surface area contributed by atoms with Crippen LogP contribution >= 0.6 is 0 Å². The molecule has 4 heteroatoms. The molecule has 4 nitrogen and oxygen atoms in total. The first kappa shape index (κ1) is 16.4. The van der Waals surface area contributed by atoms with Gasteiger partial charge < -0.3 is 15.7 Å². The maximum absolute atomic E-state index is 11.8. The van der Waals surface area contributed by atoms with Crippen molar-refractivity contribution >= 4 is 5.91 Å². The highest BCUT2D eigenvalue weighted by Crippen LogP contribution is 2.00. The Balaban J connectivity index is 3.81. The maximum atomic E-state index is 11.8. The first-order valence-electron chi connectivity index (χ1n) is 6.65. The van der Waals surface area contributed by atoms with Gasteiger partial charge in [-0.25, -0.2) is 0 Å². The summed E-state index contributed by atoms with van der Waals surface area (Å²) in [6.07, 6.45) is 2.86. The molecular formula is C13H28N2O2. The van der Waals surface area contributed by atoms with Gasteiger partial charge in [0.2, 0.25) is 5.91 Å². The molecule has 1 amide bonds. The number of aliphatic hydroxyl groups excluding tert-OH is 1. The van der Waals surface area contributed by atoms with E-state index in [1.165, 1.54) is 0 Å². The smallest absolute Gasteiger partial charge is 0.237 e. The Labute approximate surface area is 105 Å². The Bertz CT molecular complexity index is 210. The van der Waals surface area contributed by atoms with Crippen LogP contribution in [-0.4, -0.2) is 36.2 Å². The van der Waals surface area contributed by atoms with Crippen LogP contribution in [0, 0.1) is 5.92 Å². The second kappa shape index (κ2) is 9.42. The van der Waals surface area contributed by atoms with Crippen molar-refractivity contribution in [2.24, 2.45) is 5.92 Å². The lowest BCUT2D eigenvalue weighted by Crippen LogP contribution is -2.46. The highest BCUT2D eigenvalue weighted by Gasteiger charge is 2.14. The van der Waals surface area contributed by atoms with Crippen LogP contribution < -0.4 is 10.6 Å². The molecular weight excluding hydrogens is 216 g/mol. The minimum absolute atomic E-state index is 0.0575. The van der Waals surface area contributed by atoms with Crippen molar-refractivity contribution in [2.75, 3.05) is 13.2 Å². The van der Waals surface area contributed by atoms with Crippen LogP contribution in [0.5, 0.6) is 0 Å². The Morgan fingerprint density at radius 1 is 1.24 bits per heavy atom. The third-order valence-electron chi connectivity index (χ3n) is 2.90. The zero-order chi connectivity index (χ0) is 13.3. The number of hydrogen-bond donors (Lipinski definition) is 3. The van der Waals surface area contributed by atoms with Crippen molar-refractivity contribution in [1.29, 1.82) is 0 Å². The van der Waals surface area contributed by atoms with Crippen LogP contribution in [0.3, 0.4) is 0 Å². The third-order valence-corrected chi connectivity index (χ3v) is 2.90. The molecule has 0 aromatic heterocycles. The summed E-state index contributed by atoms with van der Waals surface area (Å²) in [4.78, 5) is 11.8. The van der Waals surface area contributed by atoms with E-state index in [1.54, 1.807) is 0 Å². The van der Waals surface area contributed by atoms with Crippen molar-refractivity contribution in [3.63, 3.8) is 0 Å². The molecule has 0 spiro atoms. The summed E-state index contributed by atoms with van der Waals surface area (Å²) in [5.41, 5.74) is 0. The van der Waals surface area contributed by atoms with Crippen molar-refractivity contribution in [3.8, 4) is 0 Å². The molecule has 0 saturated carbocycles. The number of amides is 1. The summed E-state index contributed by atoms with van der Waals surface area (Å²) >= 11 is 0. The Morgan fingerprint density at radius 3 is 2.41 bits per heavy atom. The number of carbonyl (C=O) groups is 1. The summed E-state index contributed by atoms with van der Waals surface area (Å²) in [5.74, 6) is 0.450. The van der Waals surface area contributed by atoms with Gasteiger partial charge >= 0.3 is 0 Å². The van der Waals surface area contributed by atoms with Crippen LogP contribution in [0.2, 0.25) is 0 Å². The van der Waals surface area contributed by atoms with Gasteiger partial charge in [0, 0.05) is 12.6 Å². The fourth-order valence-electron chi connectivity index (χ4n) is 1.67. The molecule has 0 heterocycles. The van der Waals surface area contributed by atoms with E-state index in [0.29, 0.717) is 5.92 Å². The van der Waals surface area contributed by atoms with Gasteiger partial charge in [-0.3, -0.25) is 4.79 Å². The van der Waals surface area contributed by atoms with Gasteiger partial charge in [0.25, 0.3) is 0 Å². The second-order valence-electron chi connectivity index (χ2n) is 4.95. The first-order valence-corrected chi connectivity index (χ1v) is 6.65. The summed E-state index contributed by atoms with van der Waals surface area (Å²) in [5, 5.41) is 15.0. The molecule has 0 aromatic carbocycles. The number of nitrogens with one attached hydrogen (secondary N) is 2. The molecule has 0 fully saturated rings. The van der Waals surface area contributed by atoms with E-state index >= 15 is 0 Å². The molecule has 0 saturated heterocycles. The largest absolute Gasteiger partial charge is 0.396 e. The third kappa shape index (κ3) is 8.16.